The number of carbonyl (C=O) groups excluding carboxylic acids is 1. The lowest BCUT2D eigenvalue weighted by atomic mass is 10.1. The molecule has 7 heteroatoms. The van der Waals surface area contributed by atoms with Crippen molar-refractivity contribution in [2.24, 2.45) is 5.10 Å². The first-order valence-electron chi connectivity index (χ1n) is 13.4. The van der Waals surface area contributed by atoms with E-state index in [2.05, 4.69) is 116 Å². The molecule has 0 unspecified atom stereocenters. The third kappa shape index (κ3) is 7.09. The number of hydrogen-bond acceptors (Lipinski definition) is 3. The van der Waals surface area contributed by atoms with E-state index >= 15 is 0 Å². The number of amides is 1. The molecular weight excluding hydrogens is 701 g/mol. The molecular formula is C35H29BrIN3O2. The van der Waals surface area contributed by atoms with Gasteiger partial charge in [-0.25, -0.2) is 5.43 Å². The summed E-state index contributed by atoms with van der Waals surface area (Å²) < 4.78 is 10.3. The number of nitrogens with one attached hydrogen (secondary N) is 1. The second kappa shape index (κ2) is 13.8. The number of halogens is 2. The van der Waals surface area contributed by atoms with Crippen LogP contribution in [0, 0.1) is 10.5 Å². The summed E-state index contributed by atoms with van der Waals surface area (Å²) in [4.78, 5) is 12.8. The average Bonchev–Trinajstić information content (AvgIpc) is 3.39. The van der Waals surface area contributed by atoms with Gasteiger partial charge in [0.1, 0.15) is 12.4 Å². The Kier molecular flexibility index (Phi) is 9.71. The van der Waals surface area contributed by atoms with E-state index in [1.54, 1.807) is 6.21 Å². The van der Waals surface area contributed by atoms with Gasteiger partial charge in [0.05, 0.1) is 16.4 Å². The highest BCUT2D eigenvalue weighted by Gasteiger charge is 2.12. The van der Waals surface area contributed by atoms with Crippen molar-refractivity contribution in [3.8, 4) is 22.7 Å². The van der Waals surface area contributed by atoms with Crippen LogP contribution in [0.25, 0.3) is 16.9 Å². The number of allylic oxidation sites excluding steroid dienone is 1. The minimum Gasteiger partial charge on any atom is -0.487 e. The van der Waals surface area contributed by atoms with Crippen molar-refractivity contribution in [1.29, 1.82) is 0 Å². The normalized spacial score (nSPS) is 11.0. The predicted octanol–water partition coefficient (Wildman–Crippen LogP) is 8.89. The lowest BCUT2D eigenvalue weighted by molar-refractivity contribution is 0.0955. The van der Waals surface area contributed by atoms with Gasteiger partial charge in [0.25, 0.3) is 5.91 Å². The molecule has 210 valence electrons. The maximum absolute atomic E-state index is 12.8. The molecule has 0 saturated heterocycles. The Bertz CT molecular complexity index is 1730. The molecule has 1 N–H and O–H groups in total. The Morgan fingerprint density at radius 1 is 1.00 bits per heavy atom. The highest BCUT2D eigenvalue weighted by molar-refractivity contribution is 14.1. The second-order valence-corrected chi connectivity index (χ2v) is 11.8. The van der Waals surface area contributed by atoms with Crippen LogP contribution in [0.15, 0.2) is 125 Å². The molecule has 0 atom stereocenters. The lowest BCUT2D eigenvalue weighted by Gasteiger charge is -2.14. The van der Waals surface area contributed by atoms with Crippen LogP contribution in [0.3, 0.4) is 0 Å². The molecule has 1 heterocycles. The van der Waals surface area contributed by atoms with Crippen LogP contribution in [0.5, 0.6) is 5.75 Å². The first-order valence-corrected chi connectivity index (χ1v) is 15.3. The van der Waals surface area contributed by atoms with Crippen LogP contribution in [0.2, 0.25) is 0 Å². The molecule has 1 amide bonds. The Morgan fingerprint density at radius 3 is 2.45 bits per heavy atom. The van der Waals surface area contributed by atoms with Crippen LogP contribution in [0.4, 0.5) is 0 Å². The molecule has 42 heavy (non-hydrogen) atoms. The molecule has 0 fully saturated rings. The molecule has 0 aliphatic rings. The lowest BCUT2D eigenvalue weighted by Crippen LogP contribution is -2.17. The summed E-state index contributed by atoms with van der Waals surface area (Å²) in [5.41, 5.74) is 10.4. The van der Waals surface area contributed by atoms with Crippen molar-refractivity contribution < 1.29 is 9.53 Å². The van der Waals surface area contributed by atoms with Crippen LogP contribution in [0.1, 0.15) is 32.7 Å². The summed E-state index contributed by atoms with van der Waals surface area (Å²) in [6.07, 6.45) is 4.10. The van der Waals surface area contributed by atoms with Crippen molar-refractivity contribution in [1.82, 2.24) is 9.99 Å². The van der Waals surface area contributed by atoms with E-state index in [9.17, 15) is 4.79 Å². The van der Waals surface area contributed by atoms with Gasteiger partial charge in [-0.15, -0.1) is 6.58 Å². The molecule has 0 aliphatic carbocycles. The number of hydrogen-bond donors (Lipinski definition) is 1. The Hall–Kier alpha value is -3.95. The van der Waals surface area contributed by atoms with E-state index < -0.39 is 0 Å². The highest BCUT2D eigenvalue weighted by atomic mass is 127. The number of rotatable bonds is 10. The highest BCUT2D eigenvalue weighted by Crippen LogP contribution is 2.32. The van der Waals surface area contributed by atoms with Crippen molar-refractivity contribution in [3.05, 3.63) is 152 Å². The van der Waals surface area contributed by atoms with Crippen molar-refractivity contribution in [2.75, 3.05) is 0 Å². The number of ether oxygens (including phenoxy) is 1. The van der Waals surface area contributed by atoms with Crippen LogP contribution in [-0.2, 0) is 13.0 Å². The maximum atomic E-state index is 12.8. The predicted molar refractivity (Wildman–Crippen MR) is 183 cm³/mol. The van der Waals surface area contributed by atoms with Gasteiger partial charge >= 0.3 is 0 Å². The molecule has 0 aliphatic heterocycles. The fourth-order valence-electron chi connectivity index (χ4n) is 4.66. The Labute approximate surface area is 268 Å². The summed E-state index contributed by atoms with van der Waals surface area (Å²) in [5.74, 6) is 0.483. The van der Waals surface area contributed by atoms with Gasteiger partial charge < -0.3 is 9.30 Å². The monoisotopic (exact) mass is 729 g/mol. The number of aromatic nitrogens is 1. The molecule has 4 aromatic carbocycles. The van der Waals surface area contributed by atoms with Gasteiger partial charge in [-0.1, -0.05) is 48.5 Å². The summed E-state index contributed by atoms with van der Waals surface area (Å²) in [6, 6.07) is 34.1. The number of hydrazone groups is 1. The van der Waals surface area contributed by atoms with Gasteiger partial charge in [0.2, 0.25) is 0 Å². The van der Waals surface area contributed by atoms with Crippen molar-refractivity contribution in [2.45, 2.75) is 20.0 Å². The zero-order valence-corrected chi connectivity index (χ0v) is 26.8. The first-order chi connectivity index (χ1) is 20.4. The molecule has 0 spiro atoms. The van der Waals surface area contributed by atoms with Gasteiger partial charge in [0.15, 0.2) is 0 Å². The third-order valence-electron chi connectivity index (χ3n) is 6.72. The third-order valence-corrected chi connectivity index (χ3v) is 8.02. The van der Waals surface area contributed by atoms with E-state index in [1.165, 1.54) is 3.57 Å². The fraction of sp³-hybridized carbons (Fsp3) is 0.0857. The number of benzene rings is 4. The molecule has 0 saturated carbocycles. The molecule has 5 aromatic rings. The van der Waals surface area contributed by atoms with E-state index in [0.717, 1.165) is 49.6 Å². The Balaban J connectivity index is 1.26. The van der Waals surface area contributed by atoms with Gasteiger partial charge in [-0.2, -0.15) is 5.10 Å². The van der Waals surface area contributed by atoms with Crippen LogP contribution >= 0.6 is 38.5 Å². The largest absolute Gasteiger partial charge is 0.487 e. The molecule has 0 radical (unpaired) electrons. The summed E-state index contributed by atoms with van der Waals surface area (Å²) in [6.45, 7) is 6.42. The zero-order chi connectivity index (χ0) is 29.5. The van der Waals surface area contributed by atoms with Gasteiger partial charge in [-0.05, 0) is 135 Å². The minimum absolute atomic E-state index is 0.284. The van der Waals surface area contributed by atoms with Crippen molar-refractivity contribution in [3.63, 3.8) is 0 Å². The Morgan fingerprint density at radius 2 is 1.74 bits per heavy atom. The SMILES string of the molecule is C=CCc1cc(/C=N/NC(=O)c2ccc(-n3c(C)ccc3-c3ccccc3)cc2)cc(Br)c1OCc1ccc(I)cc1. The number of carbonyl (C=O) groups is 1. The summed E-state index contributed by atoms with van der Waals surface area (Å²) in [5, 5.41) is 4.21. The van der Waals surface area contributed by atoms with E-state index in [4.69, 9.17) is 4.74 Å². The van der Waals surface area contributed by atoms with Gasteiger partial charge in [0, 0.05) is 20.5 Å². The number of nitrogens with zero attached hydrogens (tertiary/aromatic N) is 2. The van der Waals surface area contributed by atoms with Crippen molar-refractivity contribution >= 4 is 50.6 Å². The van der Waals surface area contributed by atoms with Crippen LogP contribution < -0.4 is 10.2 Å². The van der Waals surface area contributed by atoms with E-state index in [0.29, 0.717) is 18.6 Å². The second-order valence-electron chi connectivity index (χ2n) is 9.71. The number of aryl methyl sites for hydroxylation is 1. The molecule has 0 bridgehead atoms. The van der Waals surface area contributed by atoms with E-state index in [-0.39, 0.29) is 5.91 Å². The topological polar surface area (TPSA) is 55.6 Å². The molecule has 5 nitrogen and oxygen atoms in total. The summed E-state index contributed by atoms with van der Waals surface area (Å²) in [7, 11) is 0. The first kappa shape index (κ1) is 29.5. The van der Waals surface area contributed by atoms with E-state index in [1.807, 2.05) is 60.7 Å². The smallest absolute Gasteiger partial charge is 0.271 e. The maximum Gasteiger partial charge on any atom is 0.271 e. The molecule has 5 rings (SSSR count). The summed E-state index contributed by atoms with van der Waals surface area (Å²) >= 11 is 5.93. The average molecular weight is 730 g/mol. The quantitative estimate of drug-likeness (QED) is 0.0676. The zero-order valence-electron chi connectivity index (χ0n) is 23.1. The van der Waals surface area contributed by atoms with Gasteiger partial charge in [-0.3, -0.25) is 4.79 Å². The standard InChI is InChI=1S/C35H29BrIN3O2/c1-3-7-29-20-26(21-32(36)34(29)42-23-25-11-15-30(37)16-12-25)22-38-39-35(41)28-13-17-31(18-14-28)40-24(2)10-19-33(40)27-8-5-4-6-9-27/h3-6,8-22H,1,7,23H2,2H3,(H,39,41)/b38-22+. The van der Waals surface area contributed by atoms with Crippen LogP contribution in [-0.4, -0.2) is 16.7 Å². The minimum atomic E-state index is -0.284. The fourth-order valence-corrected chi connectivity index (χ4v) is 5.65. The molecule has 1 aromatic heterocycles.